The average molecular weight is 226 g/mol. The molecule has 16 heavy (non-hydrogen) atoms. The summed E-state index contributed by atoms with van der Waals surface area (Å²) in [4.78, 5) is 2.62. The Bertz CT molecular complexity index is 244. The third-order valence-corrected chi connectivity index (χ3v) is 3.94. The van der Waals surface area contributed by atoms with Crippen LogP contribution in [0.15, 0.2) is 0 Å². The maximum absolute atomic E-state index is 6.00. The lowest BCUT2D eigenvalue weighted by molar-refractivity contribution is -0.0504. The van der Waals surface area contributed by atoms with Gasteiger partial charge in [0, 0.05) is 25.0 Å². The molecule has 94 valence electrons. The van der Waals surface area contributed by atoms with Crippen LogP contribution in [-0.2, 0) is 4.74 Å². The van der Waals surface area contributed by atoms with Gasteiger partial charge in [0.15, 0.2) is 0 Å². The number of likely N-dealkylation sites (tertiary alicyclic amines) is 1. The van der Waals surface area contributed by atoms with Crippen LogP contribution in [0.2, 0.25) is 0 Å². The fourth-order valence-electron chi connectivity index (χ4n) is 3.21. The molecule has 2 fully saturated rings. The van der Waals surface area contributed by atoms with Crippen molar-refractivity contribution < 1.29 is 4.74 Å². The number of ether oxygens (including phenoxy) is 1. The zero-order valence-corrected chi connectivity index (χ0v) is 11.1. The number of nitrogens with one attached hydrogen (secondary N) is 1. The van der Waals surface area contributed by atoms with Gasteiger partial charge in [-0.15, -0.1) is 0 Å². The molecule has 3 heteroatoms. The summed E-state index contributed by atoms with van der Waals surface area (Å²) in [5, 5.41) is 3.52. The third kappa shape index (κ3) is 2.58. The molecule has 0 aliphatic carbocycles. The molecule has 0 aromatic carbocycles. The molecular formula is C13H26N2O. The van der Waals surface area contributed by atoms with Crippen LogP contribution < -0.4 is 5.32 Å². The Morgan fingerprint density at radius 2 is 2.25 bits per heavy atom. The molecule has 2 saturated heterocycles. The summed E-state index contributed by atoms with van der Waals surface area (Å²) < 4.78 is 6.00. The Morgan fingerprint density at radius 1 is 1.50 bits per heavy atom. The van der Waals surface area contributed by atoms with Gasteiger partial charge in [-0.2, -0.15) is 0 Å². The van der Waals surface area contributed by atoms with E-state index < -0.39 is 0 Å². The van der Waals surface area contributed by atoms with Crippen molar-refractivity contribution in [3.63, 3.8) is 0 Å². The fourth-order valence-corrected chi connectivity index (χ4v) is 3.21. The summed E-state index contributed by atoms with van der Waals surface area (Å²) in [6.07, 6.45) is 4.15. The zero-order valence-electron chi connectivity index (χ0n) is 11.1. The SMILES string of the molecule is CC1CNC(C)(CC2CCCN2C(C)C)O1. The molecule has 3 nitrogen and oxygen atoms in total. The summed E-state index contributed by atoms with van der Waals surface area (Å²) in [7, 11) is 0. The fraction of sp³-hybridized carbons (Fsp3) is 1.00. The van der Waals surface area contributed by atoms with Crippen molar-refractivity contribution in [2.45, 2.75) is 70.9 Å². The maximum Gasteiger partial charge on any atom is 0.118 e. The number of rotatable bonds is 3. The molecule has 0 spiro atoms. The van der Waals surface area contributed by atoms with E-state index in [9.17, 15) is 0 Å². The molecule has 0 amide bonds. The molecule has 0 bridgehead atoms. The second-order valence-corrected chi connectivity index (χ2v) is 5.87. The minimum absolute atomic E-state index is 0.0957. The second-order valence-electron chi connectivity index (χ2n) is 5.87. The van der Waals surface area contributed by atoms with Gasteiger partial charge in [-0.3, -0.25) is 10.2 Å². The highest BCUT2D eigenvalue weighted by molar-refractivity contribution is 4.90. The topological polar surface area (TPSA) is 24.5 Å². The van der Waals surface area contributed by atoms with Crippen LogP contribution in [0.5, 0.6) is 0 Å². The largest absolute Gasteiger partial charge is 0.357 e. The van der Waals surface area contributed by atoms with Crippen LogP contribution in [0.25, 0.3) is 0 Å². The molecule has 0 saturated carbocycles. The normalized spacial score (nSPS) is 41.1. The van der Waals surface area contributed by atoms with E-state index in [0.717, 1.165) is 13.0 Å². The molecule has 0 aromatic heterocycles. The quantitative estimate of drug-likeness (QED) is 0.796. The number of nitrogens with zero attached hydrogens (tertiary/aromatic N) is 1. The van der Waals surface area contributed by atoms with Crippen LogP contribution in [0.3, 0.4) is 0 Å². The van der Waals surface area contributed by atoms with Crippen molar-refractivity contribution in [3.05, 3.63) is 0 Å². The Morgan fingerprint density at radius 3 is 2.81 bits per heavy atom. The molecule has 2 aliphatic heterocycles. The predicted molar refractivity (Wildman–Crippen MR) is 66.4 cm³/mol. The highest BCUT2D eigenvalue weighted by Crippen LogP contribution is 2.30. The molecule has 1 N–H and O–H groups in total. The Kier molecular flexibility index (Phi) is 3.57. The summed E-state index contributed by atoms with van der Waals surface area (Å²) in [5.41, 5.74) is -0.0957. The van der Waals surface area contributed by atoms with Gasteiger partial charge in [-0.05, 0) is 47.1 Å². The first kappa shape index (κ1) is 12.3. The van der Waals surface area contributed by atoms with Crippen LogP contribution in [0, 0.1) is 0 Å². The lowest BCUT2D eigenvalue weighted by Crippen LogP contribution is -2.46. The van der Waals surface area contributed by atoms with Gasteiger partial charge in [-0.1, -0.05) is 0 Å². The monoisotopic (exact) mass is 226 g/mol. The first-order chi connectivity index (χ1) is 7.50. The summed E-state index contributed by atoms with van der Waals surface area (Å²) >= 11 is 0. The van der Waals surface area contributed by atoms with E-state index in [4.69, 9.17) is 4.74 Å². The predicted octanol–water partition coefficient (Wildman–Crippen LogP) is 1.97. The lowest BCUT2D eigenvalue weighted by Gasteiger charge is -2.34. The standard InChI is InChI=1S/C13H26N2O/c1-10(2)15-7-5-6-12(15)8-13(4)14-9-11(3)16-13/h10-12,14H,5-9H2,1-4H3. The molecule has 2 heterocycles. The minimum Gasteiger partial charge on any atom is -0.357 e. The van der Waals surface area contributed by atoms with Crippen LogP contribution in [0.1, 0.15) is 47.0 Å². The highest BCUT2D eigenvalue weighted by Gasteiger charge is 2.39. The van der Waals surface area contributed by atoms with E-state index in [1.54, 1.807) is 0 Å². The van der Waals surface area contributed by atoms with Gasteiger partial charge in [0.25, 0.3) is 0 Å². The van der Waals surface area contributed by atoms with E-state index in [1.807, 2.05) is 0 Å². The molecule has 2 aliphatic rings. The van der Waals surface area contributed by atoms with E-state index in [-0.39, 0.29) is 5.72 Å². The molecule has 3 atom stereocenters. The Balaban J connectivity index is 1.93. The van der Waals surface area contributed by atoms with Crippen LogP contribution in [-0.4, -0.2) is 41.9 Å². The third-order valence-electron chi connectivity index (χ3n) is 3.94. The average Bonchev–Trinajstić information content (AvgIpc) is 2.74. The molecule has 0 aromatic rings. The maximum atomic E-state index is 6.00. The summed E-state index contributed by atoms with van der Waals surface area (Å²) in [5.74, 6) is 0. The minimum atomic E-state index is -0.0957. The summed E-state index contributed by atoms with van der Waals surface area (Å²) in [6.45, 7) is 11.2. The first-order valence-electron chi connectivity index (χ1n) is 6.69. The van der Waals surface area contributed by atoms with Crippen molar-refractivity contribution in [1.82, 2.24) is 10.2 Å². The van der Waals surface area contributed by atoms with Crippen molar-refractivity contribution >= 4 is 0 Å². The molecule has 2 rings (SSSR count). The van der Waals surface area contributed by atoms with Crippen molar-refractivity contribution in [3.8, 4) is 0 Å². The second kappa shape index (κ2) is 4.63. The van der Waals surface area contributed by atoms with E-state index in [1.165, 1.54) is 19.4 Å². The van der Waals surface area contributed by atoms with Crippen molar-refractivity contribution in [2.24, 2.45) is 0 Å². The van der Waals surface area contributed by atoms with Gasteiger partial charge < -0.3 is 4.74 Å². The van der Waals surface area contributed by atoms with Gasteiger partial charge >= 0.3 is 0 Å². The summed E-state index contributed by atoms with van der Waals surface area (Å²) in [6, 6.07) is 1.36. The lowest BCUT2D eigenvalue weighted by atomic mass is 10.0. The van der Waals surface area contributed by atoms with Gasteiger partial charge in [0.2, 0.25) is 0 Å². The highest BCUT2D eigenvalue weighted by atomic mass is 16.5. The van der Waals surface area contributed by atoms with Gasteiger partial charge in [0.05, 0.1) is 6.10 Å². The van der Waals surface area contributed by atoms with Crippen LogP contribution in [0.4, 0.5) is 0 Å². The number of hydrogen-bond acceptors (Lipinski definition) is 3. The van der Waals surface area contributed by atoms with Crippen LogP contribution >= 0.6 is 0 Å². The van der Waals surface area contributed by atoms with E-state index >= 15 is 0 Å². The smallest absolute Gasteiger partial charge is 0.118 e. The van der Waals surface area contributed by atoms with Crippen molar-refractivity contribution in [1.29, 1.82) is 0 Å². The molecule has 3 unspecified atom stereocenters. The molecule has 0 radical (unpaired) electrons. The molecular weight excluding hydrogens is 200 g/mol. The Labute approximate surface area is 99.5 Å². The zero-order chi connectivity index (χ0) is 11.8. The Hall–Kier alpha value is -0.120. The van der Waals surface area contributed by atoms with Crippen molar-refractivity contribution in [2.75, 3.05) is 13.1 Å². The first-order valence-corrected chi connectivity index (χ1v) is 6.69. The van der Waals surface area contributed by atoms with E-state index in [2.05, 4.69) is 37.9 Å². The van der Waals surface area contributed by atoms with Gasteiger partial charge in [0.1, 0.15) is 5.72 Å². The van der Waals surface area contributed by atoms with E-state index in [0.29, 0.717) is 18.2 Å². The van der Waals surface area contributed by atoms with Gasteiger partial charge in [-0.25, -0.2) is 0 Å². The number of hydrogen-bond donors (Lipinski definition) is 1.